The fourth-order valence-electron chi connectivity index (χ4n) is 3.89. The fourth-order valence-corrected chi connectivity index (χ4v) is 3.89. The zero-order valence-electron chi connectivity index (χ0n) is 18.8. The van der Waals surface area contributed by atoms with Crippen molar-refractivity contribution in [2.75, 3.05) is 13.1 Å². The molecule has 1 fully saturated rings. The Kier molecular flexibility index (Phi) is 12.3. The fraction of sp³-hybridized carbons (Fsp3) is 0.652. The minimum absolute atomic E-state index is 0. The summed E-state index contributed by atoms with van der Waals surface area (Å²) < 4.78 is 0. The zero-order chi connectivity index (χ0) is 21.2. The first-order valence-corrected chi connectivity index (χ1v) is 11.0. The molecule has 1 aromatic rings. The summed E-state index contributed by atoms with van der Waals surface area (Å²) in [6.45, 7) is 9.83. The second kappa shape index (κ2) is 13.9. The predicted molar refractivity (Wildman–Crippen MR) is 136 cm³/mol. The average molecular weight is 530 g/mol. The van der Waals surface area contributed by atoms with Crippen LogP contribution < -0.4 is 16.8 Å². The third kappa shape index (κ3) is 10.1. The van der Waals surface area contributed by atoms with Crippen LogP contribution in [0.1, 0.15) is 64.0 Å². The van der Waals surface area contributed by atoms with Crippen LogP contribution in [0.15, 0.2) is 29.3 Å². The van der Waals surface area contributed by atoms with Crippen molar-refractivity contribution in [3.63, 3.8) is 0 Å². The molecule has 1 heterocycles. The van der Waals surface area contributed by atoms with Gasteiger partial charge in [0.1, 0.15) is 0 Å². The molecule has 1 saturated heterocycles. The third-order valence-corrected chi connectivity index (χ3v) is 5.55. The molecule has 1 aliphatic heterocycles. The van der Waals surface area contributed by atoms with E-state index in [2.05, 4.69) is 60.2 Å². The lowest BCUT2D eigenvalue weighted by Gasteiger charge is -2.31. The Labute approximate surface area is 199 Å². The molecule has 0 radical (unpaired) electrons. The molecular weight excluding hydrogens is 489 g/mol. The largest absolute Gasteiger partial charge is 0.370 e. The van der Waals surface area contributed by atoms with Crippen molar-refractivity contribution in [2.45, 2.75) is 72.0 Å². The molecular formula is C23H40IN5O. The van der Waals surface area contributed by atoms with E-state index in [0.29, 0.717) is 18.5 Å². The van der Waals surface area contributed by atoms with Crippen LogP contribution in [0.25, 0.3) is 0 Å². The topological polar surface area (TPSA) is 96.7 Å². The first kappa shape index (κ1) is 26.7. The zero-order valence-corrected chi connectivity index (χ0v) is 21.1. The van der Waals surface area contributed by atoms with Crippen molar-refractivity contribution in [3.05, 3.63) is 35.4 Å². The summed E-state index contributed by atoms with van der Waals surface area (Å²) in [7, 11) is 0. The van der Waals surface area contributed by atoms with Gasteiger partial charge in [0, 0.05) is 19.1 Å². The maximum atomic E-state index is 11.5. The molecule has 0 saturated carbocycles. The van der Waals surface area contributed by atoms with E-state index >= 15 is 0 Å². The Balaban J connectivity index is 0.00000450. The highest BCUT2D eigenvalue weighted by Crippen LogP contribution is 2.19. The first-order chi connectivity index (χ1) is 13.8. The standard InChI is InChI=1S/C23H39N5O.HI/c1-17(2)7-4-8-18(3)27-23(25)26-14-19-9-5-10-20(13-19)15-28-12-6-11-21(16-28)22(24)29;/h5,9-10,13,17-18,21H,4,6-8,11-12,14-16H2,1-3H3,(H2,24,29)(H3,25,26,27);1H. The number of likely N-dealkylation sites (tertiary alicyclic amines) is 1. The number of hydrogen-bond donors (Lipinski definition) is 3. The normalized spacial score (nSPS) is 18.7. The van der Waals surface area contributed by atoms with Gasteiger partial charge >= 0.3 is 0 Å². The van der Waals surface area contributed by atoms with Crippen LogP contribution in [0.2, 0.25) is 0 Å². The molecule has 7 heteroatoms. The number of carbonyl (C=O) groups excluding carboxylic acids is 1. The van der Waals surface area contributed by atoms with Gasteiger partial charge in [0.25, 0.3) is 0 Å². The van der Waals surface area contributed by atoms with Gasteiger partial charge in [0.15, 0.2) is 5.96 Å². The molecule has 170 valence electrons. The van der Waals surface area contributed by atoms with E-state index < -0.39 is 0 Å². The van der Waals surface area contributed by atoms with Crippen LogP contribution in [0, 0.1) is 11.8 Å². The maximum absolute atomic E-state index is 11.5. The van der Waals surface area contributed by atoms with Crippen molar-refractivity contribution in [1.29, 1.82) is 0 Å². The molecule has 0 aliphatic carbocycles. The van der Waals surface area contributed by atoms with Crippen LogP contribution in [0.4, 0.5) is 0 Å². The Hall–Kier alpha value is -1.35. The molecule has 6 nitrogen and oxygen atoms in total. The van der Waals surface area contributed by atoms with Gasteiger partial charge in [-0.3, -0.25) is 9.69 Å². The quantitative estimate of drug-likeness (QED) is 0.245. The minimum atomic E-state index is -0.181. The van der Waals surface area contributed by atoms with Crippen molar-refractivity contribution in [1.82, 2.24) is 10.2 Å². The maximum Gasteiger partial charge on any atom is 0.221 e. The van der Waals surface area contributed by atoms with Gasteiger partial charge in [-0.05, 0) is 49.8 Å². The van der Waals surface area contributed by atoms with Crippen LogP contribution in [0.5, 0.6) is 0 Å². The van der Waals surface area contributed by atoms with E-state index in [1.165, 1.54) is 18.4 Å². The molecule has 2 rings (SSSR count). The van der Waals surface area contributed by atoms with Gasteiger partial charge in [-0.25, -0.2) is 4.99 Å². The molecule has 0 spiro atoms. The van der Waals surface area contributed by atoms with Gasteiger partial charge in [0.2, 0.25) is 5.91 Å². The molecule has 0 aromatic heterocycles. The van der Waals surface area contributed by atoms with Crippen molar-refractivity contribution in [2.24, 2.45) is 28.3 Å². The van der Waals surface area contributed by atoms with Gasteiger partial charge < -0.3 is 16.8 Å². The number of aliphatic imine (C=N–C) groups is 1. The summed E-state index contributed by atoms with van der Waals surface area (Å²) in [5.74, 6) is 1.05. The molecule has 5 N–H and O–H groups in total. The lowest BCUT2D eigenvalue weighted by molar-refractivity contribution is -0.123. The van der Waals surface area contributed by atoms with Crippen molar-refractivity contribution >= 4 is 35.8 Å². The van der Waals surface area contributed by atoms with Crippen LogP contribution in [0.3, 0.4) is 0 Å². The smallest absolute Gasteiger partial charge is 0.221 e. The highest BCUT2D eigenvalue weighted by molar-refractivity contribution is 14.0. The van der Waals surface area contributed by atoms with E-state index in [9.17, 15) is 4.79 Å². The van der Waals surface area contributed by atoms with E-state index in [1.54, 1.807) is 0 Å². The lowest BCUT2D eigenvalue weighted by atomic mass is 9.97. The number of carbonyl (C=O) groups is 1. The summed E-state index contributed by atoms with van der Waals surface area (Å²) in [6, 6.07) is 8.78. The summed E-state index contributed by atoms with van der Waals surface area (Å²) in [6.07, 6.45) is 5.48. The summed E-state index contributed by atoms with van der Waals surface area (Å²) >= 11 is 0. The molecule has 30 heavy (non-hydrogen) atoms. The molecule has 2 unspecified atom stereocenters. The number of nitrogens with one attached hydrogen (secondary N) is 1. The van der Waals surface area contributed by atoms with Gasteiger partial charge in [-0.15, -0.1) is 24.0 Å². The van der Waals surface area contributed by atoms with E-state index in [-0.39, 0.29) is 35.8 Å². The number of hydrogen-bond acceptors (Lipinski definition) is 3. The molecule has 2 atom stereocenters. The second-order valence-corrected chi connectivity index (χ2v) is 8.87. The number of nitrogens with two attached hydrogens (primary N) is 2. The third-order valence-electron chi connectivity index (χ3n) is 5.55. The second-order valence-electron chi connectivity index (χ2n) is 8.87. The summed E-state index contributed by atoms with van der Waals surface area (Å²) in [5.41, 5.74) is 13.9. The van der Waals surface area contributed by atoms with E-state index in [0.717, 1.165) is 50.4 Å². The predicted octanol–water partition coefficient (Wildman–Crippen LogP) is 3.62. The molecule has 1 aromatic carbocycles. The van der Waals surface area contributed by atoms with Crippen molar-refractivity contribution in [3.8, 4) is 0 Å². The van der Waals surface area contributed by atoms with Gasteiger partial charge in [0.05, 0.1) is 12.5 Å². The van der Waals surface area contributed by atoms with Gasteiger partial charge in [-0.2, -0.15) is 0 Å². The Morgan fingerprint density at radius 3 is 2.67 bits per heavy atom. The van der Waals surface area contributed by atoms with E-state index in [4.69, 9.17) is 11.5 Å². The number of benzene rings is 1. The Morgan fingerprint density at radius 2 is 1.97 bits per heavy atom. The Bertz CT molecular complexity index is 679. The molecule has 0 bridgehead atoms. The number of piperidine rings is 1. The Morgan fingerprint density at radius 1 is 1.23 bits per heavy atom. The molecule has 1 amide bonds. The monoisotopic (exact) mass is 529 g/mol. The number of amides is 1. The summed E-state index contributed by atoms with van der Waals surface area (Å²) in [4.78, 5) is 18.3. The minimum Gasteiger partial charge on any atom is -0.370 e. The van der Waals surface area contributed by atoms with Crippen LogP contribution in [-0.4, -0.2) is 35.9 Å². The number of halogens is 1. The number of primary amides is 1. The van der Waals surface area contributed by atoms with Crippen LogP contribution in [-0.2, 0) is 17.9 Å². The SMILES string of the molecule is CC(C)CCCC(C)NC(N)=NCc1cccc(CN2CCCC(C(N)=O)C2)c1.I. The highest BCUT2D eigenvalue weighted by Gasteiger charge is 2.23. The van der Waals surface area contributed by atoms with Crippen molar-refractivity contribution < 1.29 is 4.79 Å². The van der Waals surface area contributed by atoms with Crippen LogP contribution >= 0.6 is 24.0 Å². The van der Waals surface area contributed by atoms with Gasteiger partial charge in [-0.1, -0.05) is 51.0 Å². The lowest BCUT2D eigenvalue weighted by Crippen LogP contribution is -2.40. The average Bonchev–Trinajstić information content (AvgIpc) is 2.66. The number of guanidine groups is 1. The first-order valence-electron chi connectivity index (χ1n) is 11.0. The summed E-state index contributed by atoms with van der Waals surface area (Å²) in [5, 5.41) is 3.30. The van der Waals surface area contributed by atoms with E-state index in [1.807, 2.05) is 0 Å². The molecule has 1 aliphatic rings. The highest BCUT2D eigenvalue weighted by atomic mass is 127. The number of rotatable bonds is 10. The number of nitrogens with zero attached hydrogens (tertiary/aromatic N) is 2.